The number of aromatic nitrogens is 1. The van der Waals surface area contributed by atoms with Crippen LogP contribution in [-0.4, -0.2) is 28.6 Å². The van der Waals surface area contributed by atoms with Crippen molar-refractivity contribution in [1.29, 1.82) is 0 Å². The summed E-state index contributed by atoms with van der Waals surface area (Å²) in [5, 5.41) is 12.5. The van der Waals surface area contributed by atoms with Gasteiger partial charge in [-0.2, -0.15) is 0 Å². The number of carbonyl (C=O) groups excluding carboxylic acids is 2. The Balaban J connectivity index is 1.95. The molecule has 1 atom stereocenters. The average Bonchev–Trinajstić information content (AvgIpc) is 2.87. The minimum Gasteiger partial charge on any atom is -0.451 e. The van der Waals surface area contributed by atoms with Crippen LogP contribution in [0.2, 0.25) is 0 Å². The number of anilines is 1. The van der Waals surface area contributed by atoms with Gasteiger partial charge in [-0.25, -0.2) is 4.79 Å². The fourth-order valence-electron chi connectivity index (χ4n) is 2.95. The molecule has 140 valence electrons. The number of benzene rings is 1. The van der Waals surface area contributed by atoms with Gasteiger partial charge in [0.25, 0.3) is 5.91 Å². The lowest BCUT2D eigenvalue weighted by molar-refractivity contribution is -0.119. The minimum absolute atomic E-state index is 0.257. The fraction of sp³-hybridized carbons (Fsp3) is 0.400. The van der Waals surface area contributed by atoms with Gasteiger partial charge in [0, 0.05) is 16.9 Å². The number of aliphatic hydroxyl groups excluding tert-OH is 1. The van der Waals surface area contributed by atoms with E-state index in [4.69, 9.17) is 4.74 Å². The van der Waals surface area contributed by atoms with Crippen LogP contribution in [0.1, 0.15) is 65.7 Å². The van der Waals surface area contributed by atoms with Gasteiger partial charge in [-0.15, -0.1) is 0 Å². The highest BCUT2D eigenvalue weighted by Gasteiger charge is 2.21. The number of carbonyl (C=O) groups is 2. The smallest absolute Gasteiger partial charge is 0.355 e. The molecule has 0 bridgehead atoms. The quantitative estimate of drug-likeness (QED) is 0.688. The summed E-state index contributed by atoms with van der Waals surface area (Å²) in [5.41, 5.74) is 4.10. The number of nitrogens with one attached hydrogen (secondary N) is 2. The van der Waals surface area contributed by atoms with Gasteiger partial charge in [0.2, 0.25) is 0 Å². The van der Waals surface area contributed by atoms with E-state index in [-0.39, 0.29) is 12.3 Å². The van der Waals surface area contributed by atoms with Gasteiger partial charge in [0.15, 0.2) is 6.61 Å². The molecule has 0 unspecified atom stereocenters. The van der Waals surface area contributed by atoms with Gasteiger partial charge >= 0.3 is 5.97 Å². The van der Waals surface area contributed by atoms with E-state index in [1.807, 2.05) is 24.3 Å². The Bertz CT molecular complexity index is 789. The Labute approximate surface area is 153 Å². The summed E-state index contributed by atoms with van der Waals surface area (Å²) in [5.74, 6) is -0.616. The molecule has 0 saturated heterocycles. The summed E-state index contributed by atoms with van der Waals surface area (Å²) < 4.78 is 5.09. The predicted octanol–water partition coefficient (Wildman–Crippen LogP) is 3.60. The first-order valence-electron chi connectivity index (χ1n) is 8.64. The molecule has 0 saturated carbocycles. The Morgan fingerprint density at radius 2 is 1.77 bits per heavy atom. The monoisotopic (exact) mass is 358 g/mol. The topological polar surface area (TPSA) is 91.4 Å². The summed E-state index contributed by atoms with van der Waals surface area (Å²) in [7, 11) is 0. The molecule has 6 nitrogen and oxygen atoms in total. The Morgan fingerprint density at radius 3 is 2.27 bits per heavy atom. The third kappa shape index (κ3) is 4.52. The van der Waals surface area contributed by atoms with E-state index >= 15 is 0 Å². The second-order valence-electron chi connectivity index (χ2n) is 6.74. The summed E-state index contributed by atoms with van der Waals surface area (Å²) >= 11 is 0. The van der Waals surface area contributed by atoms with E-state index < -0.39 is 18.0 Å². The van der Waals surface area contributed by atoms with E-state index in [2.05, 4.69) is 24.1 Å². The maximum absolute atomic E-state index is 12.2. The lowest BCUT2D eigenvalue weighted by atomic mass is 10.0. The van der Waals surface area contributed by atoms with Crippen molar-refractivity contribution >= 4 is 17.6 Å². The summed E-state index contributed by atoms with van der Waals surface area (Å²) in [6.07, 6.45) is -0.690. The normalized spacial score (nSPS) is 12.1. The molecule has 1 amide bonds. The first kappa shape index (κ1) is 19.7. The lowest BCUT2D eigenvalue weighted by Gasteiger charge is -2.09. The Hall–Kier alpha value is -2.60. The summed E-state index contributed by atoms with van der Waals surface area (Å²) in [6.45, 7) is 8.96. The van der Waals surface area contributed by atoms with E-state index in [9.17, 15) is 14.7 Å². The zero-order chi connectivity index (χ0) is 19.4. The number of aryl methyl sites for hydroxylation is 1. The van der Waals surface area contributed by atoms with Gasteiger partial charge < -0.3 is 20.1 Å². The van der Waals surface area contributed by atoms with Crippen LogP contribution in [0.3, 0.4) is 0 Å². The van der Waals surface area contributed by atoms with E-state index in [1.165, 1.54) is 5.56 Å². The molecule has 0 aliphatic carbocycles. The molecule has 0 fully saturated rings. The zero-order valence-corrected chi connectivity index (χ0v) is 15.8. The molecule has 2 rings (SSSR count). The molecule has 1 heterocycles. The zero-order valence-electron chi connectivity index (χ0n) is 15.8. The number of aliphatic hydroxyl groups is 1. The summed E-state index contributed by atoms with van der Waals surface area (Å²) in [4.78, 5) is 27.1. The van der Waals surface area contributed by atoms with Gasteiger partial charge in [-0.1, -0.05) is 26.0 Å². The van der Waals surface area contributed by atoms with Crippen molar-refractivity contribution in [3.8, 4) is 0 Å². The molecule has 0 radical (unpaired) electrons. The number of ether oxygens (including phenoxy) is 1. The van der Waals surface area contributed by atoms with E-state index in [0.29, 0.717) is 28.4 Å². The number of amides is 1. The number of hydrogen-bond acceptors (Lipinski definition) is 4. The van der Waals surface area contributed by atoms with Gasteiger partial charge in [-0.05, 0) is 49.9 Å². The molecule has 3 N–H and O–H groups in total. The maximum atomic E-state index is 12.2. The van der Waals surface area contributed by atoms with Crippen molar-refractivity contribution in [1.82, 2.24) is 4.98 Å². The molecule has 0 spiro atoms. The van der Waals surface area contributed by atoms with Crippen LogP contribution in [0, 0.1) is 13.8 Å². The highest BCUT2D eigenvalue weighted by atomic mass is 16.5. The van der Waals surface area contributed by atoms with Gasteiger partial charge in [0.1, 0.15) is 5.69 Å². The van der Waals surface area contributed by atoms with Crippen molar-refractivity contribution in [3.05, 3.63) is 52.3 Å². The molecule has 6 heteroatoms. The SMILES string of the molecule is Cc1[nH]c(C(=O)OCC(=O)Nc2ccc(C(C)C)cc2)c(C)c1[C@H](C)O. The number of hydrogen-bond donors (Lipinski definition) is 3. The molecule has 1 aromatic heterocycles. The molecule has 0 aliphatic heterocycles. The van der Waals surface area contributed by atoms with Crippen molar-refractivity contribution in [2.24, 2.45) is 0 Å². The summed E-state index contributed by atoms with van der Waals surface area (Å²) in [6, 6.07) is 7.55. The number of rotatable bonds is 6. The van der Waals surface area contributed by atoms with Crippen LogP contribution in [0.5, 0.6) is 0 Å². The molecule has 2 aromatic rings. The second kappa shape index (κ2) is 8.19. The van der Waals surface area contributed by atoms with E-state index in [0.717, 1.165) is 0 Å². The first-order valence-corrected chi connectivity index (χ1v) is 8.64. The largest absolute Gasteiger partial charge is 0.451 e. The van der Waals surface area contributed by atoms with Crippen molar-refractivity contribution in [3.63, 3.8) is 0 Å². The molecular weight excluding hydrogens is 332 g/mol. The predicted molar refractivity (Wildman–Crippen MR) is 100 cm³/mol. The Morgan fingerprint density at radius 1 is 1.15 bits per heavy atom. The molecule has 26 heavy (non-hydrogen) atoms. The first-order chi connectivity index (χ1) is 12.2. The molecule has 1 aromatic carbocycles. The van der Waals surface area contributed by atoms with Crippen LogP contribution in [0.4, 0.5) is 5.69 Å². The highest BCUT2D eigenvalue weighted by molar-refractivity contribution is 5.95. The number of esters is 1. The Kier molecular flexibility index (Phi) is 6.21. The lowest BCUT2D eigenvalue weighted by Crippen LogP contribution is -2.21. The van der Waals surface area contributed by atoms with Crippen LogP contribution in [0.15, 0.2) is 24.3 Å². The third-order valence-electron chi connectivity index (χ3n) is 4.31. The van der Waals surface area contributed by atoms with Crippen molar-refractivity contribution in [2.75, 3.05) is 11.9 Å². The molecular formula is C20H26N2O4. The van der Waals surface area contributed by atoms with Gasteiger partial charge in [-0.3, -0.25) is 4.79 Å². The minimum atomic E-state index is -0.690. The number of aromatic amines is 1. The fourth-order valence-corrected chi connectivity index (χ4v) is 2.95. The van der Waals surface area contributed by atoms with Crippen LogP contribution >= 0.6 is 0 Å². The van der Waals surface area contributed by atoms with Crippen molar-refractivity contribution in [2.45, 2.75) is 46.6 Å². The van der Waals surface area contributed by atoms with Crippen molar-refractivity contribution < 1.29 is 19.4 Å². The standard InChI is InChI=1S/C20H26N2O4/c1-11(2)15-6-8-16(9-7-15)22-17(24)10-26-20(25)19-12(3)18(14(5)23)13(4)21-19/h6-9,11,14,21,23H,10H2,1-5H3,(H,22,24)/t14-/m0/s1. The average molecular weight is 358 g/mol. The van der Waals surface area contributed by atoms with Gasteiger partial charge in [0.05, 0.1) is 6.10 Å². The van der Waals surface area contributed by atoms with Crippen LogP contribution < -0.4 is 5.32 Å². The highest BCUT2D eigenvalue weighted by Crippen LogP contribution is 2.24. The number of H-pyrrole nitrogens is 1. The molecule has 0 aliphatic rings. The van der Waals surface area contributed by atoms with Crippen LogP contribution in [-0.2, 0) is 9.53 Å². The maximum Gasteiger partial charge on any atom is 0.355 e. The third-order valence-corrected chi connectivity index (χ3v) is 4.31. The van der Waals surface area contributed by atoms with Crippen LogP contribution in [0.25, 0.3) is 0 Å². The van der Waals surface area contributed by atoms with E-state index in [1.54, 1.807) is 20.8 Å². The second-order valence-corrected chi connectivity index (χ2v) is 6.74.